The van der Waals surface area contributed by atoms with Crippen LogP contribution in [0.1, 0.15) is 38.3 Å². The fourth-order valence-corrected chi connectivity index (χ4v) is 6.15. The van der Waals surface area contributed by atoms with Crippen molar-refractivity contribution in [3.63, 3.8) is 0 Å². The lowest BCUT2D eigenvalue weighted by molar-refractivity contribution is 0.0954. The lowest BCUT2D eigenvalue weighted by atomic mass is 10.0. The van der Waals surface area contributed by atoms with E-state index >= 15 is 0 Å². The lowest BCUT2D eigenvalue weighted by Gasteiger charge is -2.37. The van der Waals surface area contributed by atoms with Crippen molar-refractivity contribution in [1.82, 2.24) is 19.6 Å². The fourth-order valence-electron chi connectivity index (χ4n) is 6.15. The summed E-state index contributed by atoms with van der Waals surface area (Å²) in [6.45, 7) is 5.97. The Morgan fingerprint density at radius 2 is 0.844 bits per heavy atom. The highest BCUT2D eigenvalue weighted by Crippen LogP contribution is 2.21. The molecule has 6 heteroatoms. The second kappa shape index (κ2) is 14.8. The van der Waals surface area contributed by atoms with Crippen LogP contribution in [0.15, 0.2) is 145 Å². The first-order chi connectivity index (χ1) is 22.1. The molecule has 4 aromatic carbocycles. The molecule has 0 saturated carbocycles. The van der Waals surface area contributed by atoms with Crippen LogP contribution in [-0.4, -0.2) is 70.7 Å². The van der Waals surface area contributed by atoms with Gasteiger partial charge in [0, 0.05) is 73.9 Å². The summed E-state index contributed by atoms with van der Waals surface area (Å²) in [6.07, 6.45) is 5.03. The highest BCUT2D eigenvalue weighted by Gasteiger charge is 2.25. The van der Waals surface area contributed by atoms with Gasteiger partial charge in [0.15, 0.2) is 11.6 Å². The number of hydrogen-bond acceptors (Lipinski definition) is 6. The number of carbonyl (C=O) groups is 2. The molecular formula is C39H40N4O2. The second-order valence-corrected chi connectivity index (χ2v) is 11.9. The van der Waals surface area contributed by atoms with Gasteiger partial charge < -0.3 is 9.80 Å². The van der Waals surface area contributed by atoms with Gasteiger partial charge in [-0.05, 0) is 17.5 Å². The molecule has 2 aliphatic heterocycles. The molecule has 6 rings (SSSR count). The van der Waals surface area contributed by atoms with Gasteiger partial charge in [0.05, 0.1) is 13.3 Å². The molecule has 0 aliphatic carbocycles. The van der Waals surface area contributed by atoms with Gasteiger partial charge in [-0.2, -0.15) is 0 Å². The molecule has 0 atom stereocenters. The molecule has 0 amide bonds. The Morgan fingerprint density at radius 1 is 0.489 bits per heavy atom. The quantitative estimate of drug-likeness (QED) is 0.175. The Balaban J connectivity index is 1.13. The minimum absolute atomic E-state index is 0.0835. The molecule has 4 aromatic rings. The molecule has 2 heterocycles. The standard InChI is InChI=1S/C39H40N4O2/c44-38(34-18-9-3-10-19-34)36-26-40(30-42(28-36)24-32-14-5-1-6-15-32)22-13-23-41-27-37(39(45)35-20-11-4-12-21-35)29-43(31-41)25-33-16-7-2-8-17-33/h1-12,14-21,28-29H,13,22-27,30-31H2. The first kappa shape index (κ1) is 30.3. The number of hydrogen-bond donors (Lipinski definition) is 0. The van der Waals surface area contributed by atoms with Crippen molar-refractivity contribution in [2.75, 3.05) is 39.5 Å². The fraction of sp³-hybridized carbons (Fsp3) is 0.231. The highest BCUT2D eigenvalue weighted by molar-refractivity contribution is 6.09. The molecule has 0 spiro atoms. The Bertz CT molecular complexity index is 1500. The number of ketones is 2. The van der Waals surface area contributed by atoms with E-state index in [2.05, 4.69) is 80.5 Å². The molecule has 6 nitrogen and oxygen atoms in total. The molecule has 0 saturated heterocycles. The molecule has 2 aliphatic rings. The summed E-state index contributed by atoms with van der Waals surface area (Å²) in [5.74, 6) is 0.167. The van der Waals surface area contributed by atoms with Crippen molar-refractivity contribution in [2.45, 2.75) is 19.5 Å². The lowest BCUT2D eigenvalue weighted by Crippen LogP contribution is -2.45. The minimum Gasteiger partial charge on any atom is -0.360 e. The number of carbonyl (C=O) groups excluding carboxylic acids is 2. The first-order valence-corrected chi connectivity index (χ1v) is 15.7. The predicted molar refractivity (Wildman–Crippen MR) is 179 cm³/mol. The topological polar surface area (TPSA) is 47.1 Å². The van der Waals surface area contributed by atoms with Crippen LogP contribution in [0.4, 0.5) is 0 Å². The number of Topliss-reactive ketones (excluding diaryl/α,β-unsaturated/α-hetero) is 2. The summed E-state index contributed by atoms with van der Waals surface area (Å²) >= 11 is 0. The number of rotatable bonds is 12. The second-order valence-electron chi connectivity index (χ2n) is 11.9. The van der Waals surface area contributed by atoms with Crippen molar-refractivity contribution >= 4 is 11.6 Å². The molecule has 45 heavy (non-hydrogen) atoms. The Hall–Kier alpha value is -4.78. The third kappa shape index (κ3) is 8.24. The van der Waals surface area contributed by atoms with E-state index in [0.29, 0.717) is 13.1 Å². The van der Waals surface area contributed by atoms with Crippen molar-refractivity contribution < 1.29 is 9.59 Å². The third-order valence-electron chi connectivity index (χ3n) is 8.29. The van der Waals surface area contributed by atoms with Crippen LogP contribution in [0.2, 0.25) is 0 Å². The van der Waals surface area contributed by atoms with Crippen molar-refractivity contribution in [3.05, 3.63) is 167 Å². The molecule has 0 unspecified atom stereocenters. The SMILES string of the molecule is O=C(C1=CN(Cc2ccccc2)CN(CCCN2CC(C(=O)c3ccccc3)=CN(Cc3ccccc3)C2)C1)c1ccccc1. The molecule has 0 radical (unpaired) electrons. The van der Waals surface area contributed by atoms with Crippen LogP contribution in [0.3, 0.4) is 0 Å². The first-order valence-electron chi connectivity index (χ1n) is 15.7. The van der Waals surface area contributed by atoms with Gasteiger partial charge in [0.1, 0.15) is 0 Å². The Morgan fingerprint density at radius 3 is 1.22 bits per heavy atom. The summed E-state index contributed by atoms with van der Waals surface area (Å²) in [7, 11) is 0. The van der Waals surface area contributed by atoms with E-state index in [1.807, 2.05) is 72.8 Å². The summed E-state index contributed by atoms with van der Waals surface area (Å²) in [5, 5.41) is 0. The van der Waals surface area contributed by atoms with E-state index in [9.17, 15) is 9.59 Å². The highest BCUT2D eigenvalue weighted by atomic mass is 16.1. The maximum absolute atomic E-state index is 13.5. The van der Waals surface area contributed by atoms with E-state index in [1.165, 1.54) is 11.1 Å². The monoisotopic (exact) mass is 596 g/mol. The maximum Gasteiger partial charge on any atom is 0.191 e. The molecule has 0 bridgehead atoms. The van der Waals surface area contributed by atoms with E-state index < -0.39 is 0 Å². The summed E-state index contributed by atoms with van der Waals surface area (Å²) in [4.78, 5) is 36.2. The van der Waals surface area contributed by atoms with Gasteiger partial charge in [-0.25, -0.2) is 0 Å². The molecular weight excluding hydrogens is 556 g/mol. The van der Waals surface area contributed by atoms with Gasteiger partial charge in [0.25, 0.3) is 0 Å². The summed E-state index contributed by atoms with van der Waals surface area (Å²) in [5.41, 5.74) is 5.51. The zero-order chi connectivity index (χ0) is 30.8. The maximum atomic E-state index is 13.5. The average Bonchev–Trinajstić information content (AvgIpc) is 3.09. The number of benzene rings is 4. The zero-order valence-electron chi connectivity index (χ0n) is 25.7. The largest absolute Gasteiger partial charge is 0.360 e. The van der Waals surface area contributed by atoms with Crippen LogP contribution in [-0.2, 0) is 13.1 Å². The van der Waals surface area contributed by atoms with E-state index in [-0.39, 0.29) is 11.6 Å². The van der Waals surface area contributed by atoms with Crippen LogP contribution in [0.25, 0.3) is 0 Å². The van der Waals surface area contributed by atoms with Crippen LogP contribution >= 0.6 is 0 Å². The van der Waals surface area contributed by atoms with Gasteiger partial charge >= 0.3 is 0 Å². The Labute approximate surface area is 266 Å². The van der Waals surface area contributed by atoms with Crippen molar-refractivity contribution in [3.8, 4) is 0 Å². The van der Waals surface area contributed by atoms with E-state index in [4.69, 9.17) is 0 Å². The Kier molecular flexibility index (Phi) is 9.95. The molecule has 0 aromatic heterocycles. The number of nitrogens with zero attached hydrogens (tertiary/aromatic N) is 4. The van der Waals surface area contributed by atoms with Crippen molar-refractivity contribution in [2.24, 2.45) is 0 Å². The predicted octanol–water partition coefficient (Wildman–Crippen LogP) is 6.46. The molecule has 0 fully saturated rings. The van der Waals surface area contributed by atoms with Crippen LogP contribution < -0.4 is 0 Å². The summed E-state index contributed by atoms with van der Waals surface area (Å²) in [6, 6.07) is 39.9. The zero-order valence-corrected chi connectivity index (χ0v) is 25.7. The third-order valence-corrected chi connectivity index (χ3v) is 8.29. The van der Waals surface area contributed by atoms with Crippen molar-refractivity contribution in [1.29, 1.82) is 0 Å². The summed E-state index contributed by atoms with van der Waals surface area (Å²) < 4.78 is 0. The van der Waals surface area contributed by atoms with E-state index in [0.717, 1.165) is 68.2 Å². The molecule has 0 N–H and O–H groups in total. The van der Waals surface area contributed by atoms with E-state index in [1.54, 1.807) is 0 Å². The van der Waals surface area contributed by atoms with Gasteiger partial charge in [0.2, 0.25) is 0 Å². The van der Waals surface area contributed by atoms with Crippen LogP contribution in [0.5, 0.6) is 0 Å². The van der Waals surface area contributed by atoms with Gasteiger partial charge in [-0.1, -0.05) is 121 Å². The van der Waals surface area contributed by atoms with Crippen LogP contribution in [0, 0.1) is 0 Å². The normalized spacial score (nSPS) is 15.8. The average molecular weight is 597 g/mol. The minimum atomic E-state index is 0.0835. The smallest absolute Gasteiger partial charge is 0.191 e. The van der Waals surface area contributed by atoms with Gasteiger partial charge in [-0.3, -0.25) is 19.4 Å². The molecule has 228 valence electrons. The van der Waals surface area contributed by atoms with Gasteiger partial charge in [-0.15, -0.1) is 0 Å².